The molecule has 1 aliphatic carbocycles. The molecule has 2 atom stereocenters. The summed E-state index contributed by atoms with van der Waals surface area (Å²) in [6.45, 7) is 5.81. The second kappa shape index (κ2) is 23.0. The topological polar surface area (TPSA) is 120 Å². The molecule has 4 N–H and O–H groups in total. The molecular formula is C40H61N3O5. The fraction of sp³-hybridized carbons (Fsp3) is 0.625. The first-order valence-electron chi connectivity index (χ1n) is 18.8. The van der Waals surface area contributed by atoms with Crippen molar-refractivity contribution in [1.29, 1.82) is 0 Å². The molecule has 0 saturated carbocycles. The van der Waals surface area contributed by atoms with E-state index in [0.717, 1.165) is 47.9 Å². The monoisotopic (exact) mass is 663 g/mol. The van der Waals surface area contributed by atoms with E-state index in [-0.39, 0.29) is 30.3 Å². The fourth-order valence-electron chi connectivity index (χ4n) is 6.59. The Morgan fingerprint density at radius 3 is 1.92 bits per heavy atom. The Hall–Kier alpha value is -3.39. The highest BCUT2D eigenvalue weighted by atomic mass is 16.5. The van der Waals surface area contributed by atoms with Crippen molar-refractivity contribution in [2.45, 2.75) is 129 Å². The summed E-state index contributed by atoms with van der Waals surface area (Å²) >= 11 is 0. The molecule has 0 radical (unpaired) electrons. The van der Waals surface area contributed by atoms with Gasteiger partial charge in [-0.15, -0.1) is 0 Å². The van der Waals surface area contributed by atoms with Crippen LogP contribution in [0.25, 0.3) is 11.1 Å². The summed E-state index contributed by atoms with van der Waals surface area (Å²) in [7, 11) is 0. The van der Waals surface area contributed by atoms with Gasteiger partial charge in [0, 0.05) is 12.5 Å². The Morgan fingerprint density at radius 2 is 1.29 bits per heavy atom. The molecule has 0 bridgehead atoms. The number of carbonyl (C=O) groups is 3. The van der Waals surface area contributed by atoms with Gasteiger partial charge < -0.3 is 25.8 Å². The van der Waals surface area contributed by atoms with Crippen molar-refractivity contribution < 1.29 is 23.9 Å². The van der Waals surface area contributed by atoms with E-state index in [2.05, 4.69) is 48.7 Å². The predicted molar refractivity (Wildman–Crippen MR) is 194 cm³/mol. The Labute approximate surface area is 289 Å². The van der Waals surface area contributed by atoms with Crippen molar-refractivity contribution in [1.82, 2.24) is 10.6 Å². The van der Waals surface area contributed by atoms with Crippen molar-refractivity contribution in [3.05, 3.63) is 59.7 Å². The highest BCUT2D eigenvalue weighted by Gasteiger charge is 2.30. The maximum Gasteiger partial charge on any atom is 0.407 e. The number of nitrogens with one attached hydrogen (secondary N) is 2. The van der Waals surface area contributed by atoms with Gasteiger partial charge >= 0.3 is 12.1 Å². The van der Waals surface area contributed by atoms with E-state index in [1.807, 2.05) is 24.3 Å². The Bertz CT molecular complexity index is 1190. The summed E-state index contributed by atoms with van der Waals surface area (Å²) in [5.41, 5.74) is 10.3. The molecule has 8 nitrogen and oxygen atoms in total. The number of rotatable bonds is 25. The summed E-state index contributed by atoms with van der Waals surface area (Å²) in [6, 6.07) is 15.6. The van der Waals surface area contributed by atoms with Gasteiger partial charge in [0.05, 0.1) is 12.5 Å². The van der Waals surface area contributed by atoms with E-state index in [9.17, 15) is 14.4 Å². The SMILES string of the molecule is CCCCCCCCC(CCCCCC)C(=O)OCCCCNC(=O)C(CCCN)NC(=O)OCC1c2ccccc2-c2ccccc21. The van der Waals surface area contributed by atoms with Gasteiger partial charge in [0.15, 0.2) is 0 Å². The lowest BCUT2D eigenvalue weighted by Gasteiger charge is -2.20. The molecule has 1 aliphatic rings. The van der Waals surface area contributed by atoms with E-state index in [4.69, 9.17) is 15.2 Å². The van der Waals surface area contributed by atoms with Gasteiger partial charge in [-0.25, -0.2) is 4.79 Å². The van der Waals surface area contributed by atoms with Gasteiger partial charge in [0.25, 0.3) is 0 Å². The van der Waals surface area contributed by atoms with Crippen LogP contribution in [0.3, 0.4) is 0 Å². The second-order valence-corrected chi connectivity index (χ2v) is 13.2. The molecule has 266 valence electrons. The molecule has 0 saturated heterocycles. The van der Waals surface area contributed by atoms with Gasteiger partial charge in [-0.2, -0.15) is 0 Å². The van der Waals surface area contributed by atoms with Gasteiger partial charge in [-0.3, -0.25) is 9.59 Å². The highest BCUT2D eigenvalue weighted by Crippen LogP contribution is 2.44. The van der Waals surface area contributed by atoms with Crippen LogP contribution in [-0.4, -0.2) is 50.3 Å². The number of unbranched alkanes of at least 4 members (excludes halogenated alkanes) is 9. The van der Waals surface area contributed by atoms with Crippen LogP contribution in [0.15, 0.2) is 48.5 Å². The fourth-order valence-corrected chi connectivity index (χ4v) is 6.59. The standard InChI is InChI=1S/C40H61N3O5/c1-3-5-7-9-10-12-21-31(20-11-8-6-4-2)39(45)47-29-18-17-28-42-38(44)37(26-19-27-41)43-40(46)48-30-36-34-24-15-13-22-32(34)33-23-14-16-25-35(33)36/h13-16,22-25,31,36-37H,3-12,17-21,26-30,41H2,1-2H3,(H,42,44)(H,43,46). The molecule has 2 amide bonds. The number of amides is 2. The third kappa shape index (κ3) is 13.3. The molecule has 0 fully saturated rings. The van der Waals surface area contributed by atoms with E-state index in [1.165, 1.54) is 51.4 Å². The molecule has 0 aromatic heterocycles. The molecule has 2 unspecified atom stereocenters. The smallest absolute Gasteiger partial charge is 0.407 e. The normalized spacial score (nSPS) is 13.3. The zero-order chi connectivity index (χ0) is 34.4. The zero-order valence-corrected chi connectivity index (χ0v) is 29.6. The number of hydrogen-bond acceptors (Lipinski definition) is 6. The number of alkyl carbamates (subject to hydrolysis) is 1. The minimum absolute atomic E-state index is 0.0139. The molecule has 2 aromatic carbocycles. The summed E-state index contributed by atoms with van der Waals surface area (Å²) in [5, 5.41) is 5.69. The Balaban J connectivity index is 1.38. The minimum Gasteiger partial charge on any atom is -0.465 e. The maximum absolute atomic E-state index is 13.0. The van der Waals surface area contributed by atoms with Crippen molar-refractivity contribution in [3.8, 4) is 11.1 Å². The third-order valence-corrected chi connectivity index (χ3v) is 9.41. The van der Waals surface area contributed by atoms with Crippen LogP contribution in [-0.2, 0) is 19.1 Å². The van der Waals surface area contributed by atoms with Crippen molar-refractivity contribution in [2.75, 3.05) is 26.3 Å². The maximum atomic E-state index is 13.0. The van der Waals surface area contributed by atoms with Crippen molar-refractivity contribution in [3.63, 3.8) is 0 Å². The molecule has 3 rings (SSSR count). The molecule has 2 aromatic rings. The molecule has 0 heterocycles. The van der Waals surface area contributed by atoms with Gasteiger partial charge in [0.2, 0.25) is 5.91 Å². The number of esters is 1. The Morgan fingerprint density at radius 1 is 0.708 bits per heavy atom. The number of ether oxygens (including phenoxy) is 2. The third-order valence-electron chi connectivity index (χ3n) is 9.41. The second-order valence-electron chi connectivity index (χ2n) is 13.2. The van der Waals surface area contributed by atoms with Gasteiger partial charge in [0.1, 0.15) is 12.6 Å². The van der Waals surface area contributed by atoms with E-state index in [0.29, 0.717) is 45.4 Å². The van der Waals surface area contributed by atoms with Crippen LogP contribution in [0, 0.1) is 5.92 Å². The number of hydrogen-bond donors (Lipinski definition) is 3. The number of carbonyl (C=O) groups excluding carboxylic acids is 3. The lowest BCUT2D eigenvalue weighted by molar-refractivity contribution is -0.149. The van der Waals surface area contributed by atoms with Crippen molar-refractivity contribution >= 4 is 18.0 Å². The number of nitrogens with two attached hydrogens (primary N) is 1. The summed E-state index contributed by atoms with van der Waals surface area (Å²) in [4.78, 5) is 38.8. The zero-order valence-electron chi connectivity index (χ0n) is 29.6. The number of fused-ring (bicyclic) bond motifs is 3. The van der Waals surface area contributed by atoms with E-state index in [1.54, 1.807) is 0 Å². The first kappa shape index (κ1) is 39.1. The predicted octanol–water partition coefficient (Wildman–Crippen LogP) is 8.41. The van der Waals surface area contributed by atoms with Crippen molar-refractivity contribution in [2.24, 2.45) is 11.7 Å². The summed E-state index contributed by atoms with van der Waals surface area (Å²) in [5.74, 6) is -0.404. The molecule has 0 spiro atoms. The lowest BCUT2D eigenvalue weighted by atomic mass is 9.94. The van der Waals surface area contributed by atoms with Crippen LogP contribution in [0.4, 0.5) is 4.79 Å². The molecular weight excluding hydrogens is 602 g/mol. The summed E-state index contributed by atoms with van der Waals surface area (Å²) < 4.78 is 11.4. The number of benzene rings is 2. The van der Waals surface area contributed by atoms with Gasteiger partial charge in [-0.05, 0) is 67.3 Å². The largest absolute Gasteiger partial charge is 0.465 e. The lowest BCUT2D eigenvalue weighted by Crippen LogP contribution is -2.47. The van der Waals surface area contributed by atoms with E-state index < -0.39 is 12.1 Å². The van der Waals surface area contributed by atoms with Crippen LogP contribution < -0.4 is 16.4 Å². The average Bonchev–Trinajstić information content (AvgIpc) is 3.42. The molecule has 0 aliphatic heterocycles. The minimum atomic E-state index is -0.738. The summed E-state index contributed by atoms with van der Waals surface area (Å²) in [6.07, 6.45) is 15.5. The van der Waals surface area contributed by atoms with Crippen LogP contribution in [0.5, 0.6) is 0 Å². The highest BCUT2D eigenvalue weighted by molar-refractivity contribution is 5.85. The quantitative estimate of drug-likeness (QED) is 0.0725. The van der Waals surface area contributed by atoms with Gasteiger partial charge in [-0.1, -0.05) is 127 Å². The first-order chi connectivity index (χ1) is 23.5. The van der Waals surface area contributed by atoms with Crippen LogP contribution in [0.1, 0.15) is 134 Å². The average molecular weight is 664 g/mol. The molecule has 8 heteroatoms. The first-order valence-corrected chi connectivity index (χ1v) is 18.8. The molecule has 48 heavy (non-hydrogen) atoms. The Kier molecular flexibility index (Phi) is 18.8. The van der Waals surface area contributed by atoms with Crippen LogP contribution in [0.2, 0.25) is 0 Å². The van der Waals surface area contributed by atoms with E-state index >= 15 is 0 Å². The van der Waals surface area contributed by atoms with Crippen LogP contribution >= 0.6 is 0 Å².